The summed E-state index contributed by atoms with van der Waals surface area (Å²) in [6.45, 7) is 6.61. The van der Waals surface area contributed by atoms with Crippen molar-refractivity contribution in [2.45, 2.75) is 56.8 Å². The molecule has 1 spiro atoms. The summed E-state index contributed by atoms with van der Waals surface area (Å²) in [5.41, 5.74) is 1.37. The van der Waals surface area contributed by atoms with Crippen molar-refractivity contribution in [3.05, 3.63) is 160 Å². The van der Waals surface area contributed by atoms with E-state index in [1.165, 1.54) is 12.1 Å². The number of rotatable bonds is 14. The molecule has 5 aromatic carbocycles. The maximum Gasteiger partial charge on any atom is 0.269 e. The van der Waals surface area contributed by atoms with Crippen molar-refractivity contribution in [1.82, 2.24) is 4.90 Å². The van der Waals surface area contributed by atoms with Crippen LogP contribution < -0.4 is 20.1 Å². The highest BCUT2D eigenvalue weighted by Crippen LogP contribution is 2.60. The second-order valence-corrected chi connectivity index (χ2v) is 20.4. The normalized spacial score (nSPS) is 19.7. The summed E-state index contributed by atoms with van der Waals surface area (Å²) in [5.74, 6) is -0.724. The Balaban J connectivity index is 1.28. The van der Waals surface area contributed by atoms with E-state index in [1.54, 1.807) is 65.4 Å². The summed E-state index contributed by atoms with van der Waals surface area (Å²) in [4.78, 5) is 57.8. The van der Waals surface area contributed by atoms with E-state index < -0.39 is 30.6 Å². The van der Waals surface area contributed by atoms with E-state index in [1.807, 2.05) is 73.7 Å². The molecular formula is C46H48N4O8Si. The number of ether oxygens (including phenoxy) is 2. The van der Waals surface area contributed by atoms with Crippen LogP contribution in [0.5, 0.6) is 5.75 Å². The first-order chi connectivity index (χ1) is 28.4. The van der Waals surface area contributed by atoms with E-state index in [-0.39, 0.29) is 61.6 Å². The van der Waals surface area contributed by atoms with E-state index in [9.17, 15) is 24.8 Å². The van der Waals surface area contributed by atoms with Crippen molar-refractivity contribution < 1.29 is 33.9 Å². The summed E-state index contributed by atoms with van der Waals surface area (Å²) in [6, 6.07) is 37.9. The van der Waals surface area contributed by atoms with Crippen molar-refractivity contribution >= 4 is 48.0 Å². The standard InChI is InChI=1S/C46H48N4O8Si/c1-31-43(59(3,4)38-21-19-37(57-2)20-22-38)41(28-42(52)48(24-25-51)29-32-12-7-5-8-13-32)58-46(31)39-27-36(50(55)56)18-23-40(39)49(45(46)54)30-33-14-11-17-35(26-33)47-44(53)34-15-9-6-10-16-34/h5-23,26-27,31,41,43,51H,24-25,28-30H2,1-4H3,(H,47,53)/t31-,41+,43-,46+/m1/s1. The SMILES string of the molecule is COc1ccc([Si](C)(C)[C@H]2[C@H](CC(=O)N(CCO)Cc3ccccc3)O[C@@]3(C(=O)N(Cc4cccc(NC(=O)c5ccccc5)c4)c4ccc([N+](=O)[O-])cc43)[C@@H]2C)cc1. The van der Waals surface area contributed by atoms with Crippen LogP contribution >= 0.6 is 0 Å². The summed E-state index contributed by atoms with van der Waals surface area (Å²) < 4.78 is 12.6. The number of hydrogen-bond donors (Lipinski definition) is 2. The maximum absolute atomic E-state index is 15.4. The first-order valence-corrected chi connectivity index (χ1v) is 22.8. The molecule has 0 saturated carbocycles. The van der Waals surface area contributed by atoms with Gasteiger partial charge in [-0.15, -0.1) is 0 Å². The molecule has 0 bridgehead atoms. The molecule has 1 saturated heterocycles. The van der Waals surface area contributed by atoms with Gasteiger partial charge in [0.1, 0.15) is 5.75 Å². The van der Waals surface area contributed by atoms with Crippen LogP contribution in [0, 0.1) is 16.0 Å². The van der Waals surface area contributed by atoms with Gasteiger partial charge in [-0.25, -0.2) is 0 Å². The molecule has 2 N–H and O–H groups in total. The van der Waals surface area contributed by atoms with Crippen molar-refractivity contribution in [1.29, 1.82) is 0 Å². The van der Waals surface area contributed by atoms with Crippen LogP contribution in [0.25, 0.3) is 0 Å². The predicted molar refractivity (Wildman–Crippen MR) is 228 cm³/mol. The Morgan fingerprint density at radius 2 is 1.61 bits per heavy atom. The molecule has 5 aromatic rings. The van der Waals surface area contributed by atoms with E-state index in [0.717, 1.165) is 10.8 Å². The molecule has 0 unspecified atom stereocenters. The van der Waals surface area contributed by atoms with Crippen LogP contribution in [-0.4, -0.2) is 67.1 Å². The fraction of sp³-hybridized carbons (Fsp3) is 0.283. The Labute approximate surface area is 344 Å². The average molecular weight is 813 g/mol. The number of non-ortho nitro benzene ring substituents is 1. The predicted octanol–water partition coefficient (Wildman–Crippen LogP) is 7.03. The van der Waals surface area contributed by atoms with E-state index in [0.29, 0.717) is 33.8 Å². The van der Waals surface area contributed by atoms with Crippen LogP contribution in [-0.2, 0) is 33.0 Å². The van der Waals surface area contributed by atoms with Gasteiger partial charge in [0.15, 0.2) is 5.60 Å². The second-order valence-electron chi connectivity index (χ2n) is 15.8. The number of aliphatic hydroxyl groups is 1. The molecule has 12 nitrogen and oxygen atoms in total. The first kappa shape index (κ1) is 41.0. The van der Waals surface area contributed by atoms with Gasteiger partial charge in [-0.2, -0.15) is 0 Å². The second kappa shape index (κ2) is 17.0. The van der Waals surface area contributed by atoms with E-state index in [4.69, 9.17) is 9.47 Å². The Bertz CT molecular complexity index is 2340. The fourth-order valence-corrected chi connectivity index (χ4v) is 13.0. The first-order valence-electron chi connectivity index (χ1n) is 19.7. The lowest BCUT2D eigenvalue weighted by Gasteiger charge is -2.37. The highest BCUT2D eigenvalue weighted by molar-refractivity contribution is 6.91. The Hall–Kier alpha value is -6.15. The summed E-state index contributed by atoms with van der Waals surface area (Å²) in [5, 5.41) is 26.3. The number of fused-ring (bicyclic) bond motifs is 2. The molecular weight excluding hydrogens is 765 g/mol. The minimum Gasteiger partial charge on any atom is -0.497 e. The fourth-order valence-electron chi connectivity index (χ4n) is 9.01. The van der Waals surface area contributed by atoms with Crippen LogP contribution in [0.15, 0.2) is 127 Å². The third-order valence-electron chi connectivity index (χ3n) is 11.9. The minimum atomic E-state index is -2.68. The number of nitro groups is 1. The molecule has 0 radical (unpaired) electrons. The lowest BCUT2D eigenvalue weighted by molar-refractivity contribution is -0.385. The molecule has 13 heteroatoms. The average Bonchev–Trinajstić information content (AvgIpc) is 3.66. The number of aliphatic hydroxyl groups excluding tert-OH is 1. The van der Waals surface area contributed by atoms with Gasteiger partial charge >= 0.3 is 0 Å². The summed E-state index contributed by atoms with van der Waals surface area (Å²) in [7, 11) is -1.07. The molecule has 1 fully saturated rings. The van der Waals surface area contributed by atoms with E-state index >= 15 is 4.79 Å². The number of hydrogen-bond acceptors (Lipinski definition) is 8. The molecule has 7 rings (SSSR count). The van der Waals surface area contributed by atoms with Gasteiger partial charge in [-0.3, -0.25) is 24.5 Å². The van der Waals surface area contributed by atoms with E-state index in [2.05, 4.69) is 18.4 Å². The van der Waals surface area contributed by atoms with Gasteiger partial charge in [0.25, 0.3) is 17.5 Å². The molecule has 0 aliphatic carbocycles. The van der Waals surface area contributed by atoms with Gasteiger partial charge in [0.05, 0.1) is 51.5 Å². The highest BCUT2D eigenvalue weighted by atomic mass is 28.3. The molecule has 2 heterocycles. The topological polar surface area (TPSA) is 152 Å². The van der Waals surface area contributed by atoms with Gasteiger partial charge in [-0.05, 0) is 59.1 Å². The van der Waals surface area contributed by atoms with Gasteiger partial charge in [0, 0.05) is 48.0 Å². The Morgan fingerprint density at radius 1 is 0.932 bits per heavy atom. The van der Waals surface area contributed by atoms with Crippen LogP contribution in [0.1, 0.15) is 40.4 Å². The third-order valence-corrected chi connectivity index (χ3v) is 16.3. The number of nitrogens with zero attached hydrogens (tertiary/aromatic N) is 3. The largest absolute Gasteiger partial charge is 0.497 e. The summed E-state index contributed by atoms with van der Waals surface area (Å²) in [6.07, 6.45) is -0.831. The van der Waals surface area contributed by atoms with Crippen molar-refractivity contribution in [2.75, 3.05) is 30.5 Å². The Morgan fingerprint density at radius 3 is 2.27 bits per heavy atom. The molecule has 0 aromatic heterocycles. The number of nitrogens with one attached hydrogen (secondary N) is 1. The number of methoxy groups -OCH3 is 1. The summed E-state index contributed by atoms with van der Waals surface area (Å²) >= 11 is 0. The number of benzene rings is 5. The third kappa shape index (κ3) is 8.01. The van der Waals surface area contributed by atoms with Gasteiger partial charge < -0.3 is 29.7 Å². The zero-order valence-electron chi connectivity index (χ0n) is 33.5. The van der Waals surface area contributed by atoms with Gasteiger partial charge in [-0.1, -0.05) is 98.0 Å². The molecule has 2 aliphatic rings. The molecule has 59 heavy (non-hydrogen) atoms. The molecule has 4 atom stereocenters. The molecule has 304 valence electrons. The van der Waals surface area contributed by atoms with Crippen molar-refractivity contribution in [2.24, 2.45) is 5.92 Å². The lowest BCUT2D eigenvalue weighted by Crippen LogP contribution is -2.52. The lowest BCUT2D eigenvalue weighted by atomic mass is 9.82. The number of nitro benzene ring substituents is 1. The Kier molecular flexibility index (Phi) is 11.8. The monoisotopic (exact) mass is 812 g/mol. The smallest absolute Gasteiger partial charge is 0.269 e. The highest BCUT2D eigenvalue weighted by Gasteiger charge is 2.66. The van der Waals surface area contributed by atoms with Crippen LogP contribution in [0.4, 0.5) is 17.1 Å². The van der Waals surface area contributed by atoms with Crippen LogP contribution in [0.3, 0.4) is 0 Å². The molecule has 3 amide bonds. The van der Waals surface area contributed by atoms with Crippen LogP contribution in [0.2, 0.25) is 18.6 Å². The number of carbonyl (C=O) groups excluding carboxylic acids is 3. The zero-order chi connectivity index (χ0) is 41.9. The minimum absolute atomic E-state index is 0.0725. The number of carbonyl (C=O) groups is 3. The van der Waals surface area contributed by atoms with Crippen molar-refractivity contribution in [3.8, 4) is 5.75 Å². The molecule has 2 aliphatic heterocycles. The number of amides is 3. The van der Waals surface area contributed by atoms with Crippen molar-refractivity contribution in [3.63, 3.8) is 0 Å². The maximum atomic E-state index is 15.4. The quantitative estimate of drug-likeness (QED) is 0.0690. The number of anilines is 2. The zero-order valence-corrected chi connectivity index (χ0v) is 34.5. The van der Waals surface area contributed by atoms with Gasteiger partial charge in [0.2, 0.25) is 5.91 Å².